The van der Waals surface area contributed by atoms with Crippen molar-refractivity contribution in [3.05, 3.63) is 93.5 Å². The molecule has 2 heterocycles. The molecule has 0 N–H and O–H groups in total. The highest BCUT2D eigenvalue weighted by Gasteiger charge is 2.60. The Balaban J connectivity index is 1.54. The lowest BCUT2D eigenvalue weighted by atomic mass is 9.90. The number of nitrogens with zero attached hydrogens (tertiary/aromatic N) is 4. The smallest absolute Gasteiger partial charge is 0.269 e. The van der Waals surface area contributed by atoms with Gasteiger partial charge in [0.1, 0.15) is 5.92 Å². The van der Waals surface area contributed by atoms with Crippen LogP contribution in [0.2, 0.25) is 5.02 Å². The lowest BCUT2D eigenvalue weighted by molar-refractivity contribution is -0.384. The average Bonchev–Trinajstić information content (AvgIpc) is 3.35. The minimum atomic E-state index is -1.04. The molecule has 5 rings (SSSR count). The van der Waals surface area contributed by atoms with Crippen molar-refractivity contribution in [3.8, 4) is 0 Å². The van der Waals surface area contributed by atoms with Crippen LogP contribution in [0.15, 0.2) is 72.8 Å². The van der Waals surface area contributed by atoms with Gasteiger partial charge in [-0.05, 0) is 54.1 Å². The molecular formula is C25H21ClN4O5. The standard InChI is InChI=1S/C25H21ClN4O5/c1-27(2)17-7-3-15(4-8-17)22-21-23(35-29(22)19-9-5-16(26)6-10-19)25(32)28(24(21)31)18-11-13-20(14-12-18)30(33)34/h3-14,21-23H,1-2H3/t21-,22-,23-/m0/s1. The van der Waals surface area contributed by atoms with Crippen LogP contribution in [0.3, 0.4) is 0 Å². The van der Waals surface area contributed by atoms with Gasteiger partial charge in [0.15, 0.2) is 6.10 Å². The van der Waals surface area contributed by atoms with E-state index in [9.17, 15) is 19.7 Å². The summed E-state index contributed by atoms with van der Waals surface area (Å²) in [6, 6.07) is 19.4. The maximum absolute atomic E-state index is 13.6. The fraction of sp³-hybridized carbons (Fsp3) is 0.200. The Morgan fingerprint density at radius 1 is 0.886 bits per heavy atom. The van der Waals surface area contributed by atoms with Crippen LogP contribution in [-0.2, 0) is 14.4 Å². The second kappa shape index (κ2) is 8.68. The SMILES string of the molecule is CN(C)c1ccc([C@H]2[C@@H]3C(=O)N(c4ccc([N+](=O)[O-])cc4)C(=O)[C@H]3ON2c2ccc(Cl)cc2)cc1. The van der Waals surface area contributed by atoms with E-state index in [4.69, 9.17) is 16.4 Å². The Labute approximate surface area is 206 Å². The Morgan fingerprint density at radius 3 is 2.06 bits per heavy atom. The highest BCUT2D eigenvalue weighted by atomic mass is 35.5. The molecule has 2 aliphatic heterocycles. The number of hydrogen-bond donors (Lipinski definition) is 0. The summed E-state index contributed by atoms with van der Waals surface area (Å²) < 4.78 is 0. The van der Waals surface area contributed by atoms with Crippen LogP contribution in [0, 0.1) is 16.0 Å². The van der Waals surface area contributed by atoms with Gasteiger partial charge < -0.3 is 4.90 Å². The molecule has 3 aromatic carbocycles. The molecule has 0 aromatic heterocycles. The zero-order valence-electron chi connectivity index (χ0n) is 18.9. The number of anilines is 3. The molecule has 10 heteroatoms. The third-order valence-electron chi connectivity index (χ3n) is 6.27. The Kier molecular flexibility index (Phi) is 5.66. The summed E-state index contributed by atoms with van der Waals surface area (Å²) >= 11 is 6.06. The van der Waals surface area contributed by atoms with Gasteiger partial charge in [0, 0.05) is 36.9 Å². The monoisotopic (exact) mass is 492 g/mol. The molecule has 3 atom stereocenters. The number of fused-ring (bicyclic) bond motifs is 1. The number of nitro groups is 1. The first-order valence-electron chi connectivity index (χ1n) is 10.9. The van der Waals surface area contributed by atoms with Crippen molar-refractivity contribution in [3.63, 3.8) is 0 Å². The molecule has 35 heavy (non-hydrogen) atoms. The Hall–Kier alpha value is -3.95. The highest BCUT2D eigenvalue weighted by molar-refractivity contribution is 6.30. The van der Waals surface area contributed by atoms with E-state index < -0.39 is 34.8 Å². The van der Waals surface area contributed by atoms with Crippen LogP contribution < -0.4 is 14.9 Å². The van der Waals surface area contributed by atoms with Crippen molar-refractivity contribution in [1.29, 1.82) is 0 Å². The fourth-order valence-corrected chi connectivity index (χ4v) is 4.64. The zero-order chi connectivity index (χ0) is 24.9. The van der Waals surface area contributed by atoms with E-state index in [1.54, 1.807) is 29.3 Å². The molecule has 0 radical (unpaired) electrons. The van der Waals surface area contributed by atoms with Gasteiger partial charge in [-0.1, -0.05) is 23.7 Å². The number of amides is 2. The predicted octanol–water partition coefficient (Wildman–Crippen LogP) is 4.37. The molecule has 3 aromatic rings. The molecule has 0 unspecified atom stereocenters. The van der Waals surface area contributed by atoms with Crippen molar-refractivity contribution in [2.24, 2.45) is 5.92 Å². The number of imide groups is 1. The third-order valence-corrected chi connectivity index (χ3v) is 6.52. The van der Waals surface area contributed by atoms with Crippen LogP contribution in [0.5, 0.6) is 0 Å². The minimum absolute atomic E-state index is 0.128. The first kappa shape index (κ1) is 22.8. The predicted molar refractivity (Wildman–Crippen MR) is 131 cm³/mol. The van der Waals surface area contributed by atoms with Gasteiger partial charge >= 0.3 is 0 Å². The van der Waals surface area contributed by atoms with E-state index in [0.29, 0.717) is 10.7 Å². The maximum Gasteiger partial charge on any atom is 0.269 e. The molecule has 0 bridgehead atoms. The second-order valence-electron chi connectivity index (χ2n) is 8.57. The number of carbonyl (C=O) groups excluding carboxylic acids is 2. The highest BCUT2D eigenvalue weighted by Crippen LogP contribution is 2.48. The average molecular weight is 493 g/mol. The number of benzene rings is 3. The molecule has 9 nitrogen and oxygen atoms in total. The van der Waals surface area contributed by atoms with Crippen LogP contribution in [-0.4, -0.2) is 36.9 Å². The molecule has 2 saturated heterocycles. The number of carbonyl (C=O) groups is 2. The lowest BCUT2D eigenvalue weighted by Gasteiger charge is -2.29. The van der Waals surface area contributed by atoms with Gasteiger partial charge in [-0.15, -0.1) is 0 Å². The van der Waals surface area contributed by atoms with Gasteiger partial charge in [-0.3, -0.25) is 24.5 Å². The first-order valence-corrected chi connectivity index (χ1v) is 11.2. The molecule has 0 spiro atoms. The van der Waals surface area contributed by atoms with Gasteiger partial charge in [0.2, 0.25) is 5.91 Å². The quantitative estimate of drug-likeness (QED) is 0.296. The van der Waals surface area contributed by atoms with Gasteiger partial charge in [0.05, 0.1) is 22.3 Å². The maximum atomic E-state index is 13.6. The van der Waals surface area contributed by atoms with E-state index in [1.165, 1.54) is 24.3 Å². The third kappa shape index (κ3) is 3.88. The zero-order valence-corrected chi connectivity index (χ0v) is 19.6. The summed E-state index contributed by atoms with van der Waals surface area (Å²) in [5, 5.41) is 13.1. The topological polar surface area (TPSA) is 96.2 Å². The fourth-order valence-electron chi connectivity index (χ4n) is 4.51. The van der Waals surface area contributed by atoms with Gasteiger partial charge in [-0.2, -0.15) is 0 Å². The Morgan fingerprint density at radius 2 is 1.49 bits per heavy atom. The first-order chi connectivity index (χ1) is 16.8. The van der Waals surface area contributed by atoms with E-state index in [2.05, 4.69) is 0 Å². The summed E-state index contributed by atoms with van der Waals surface area (Å²) in [5.41, 5.74) is 2.60. The van der Waals surface area contributed by atoms with Crippen molar-refractivity contribution in [2.45, 2.75) is 12.1 Å². The normalized spacial score (nSPS) is 21.4. The van der Waals surface area contributed by atoms with Crippen molar-refractivity contribution >= 4 is 46.2 Å². The summed E-state index contributed by atoms with van der Waals surface area (Å²) in [7, 11) is 3.87. The number of nitro benzene ring substituents is 1. The summed E-state index contributed by atoms with van der Waals surface area (Å²) in [5.74, 6) is -1.74. The molecule has 0 saturated carbocycles. The van der Waals surface area contributed by atoms with Crippen LogP contribution in [0.1, 0.15) is 11.6 Å². The van der Waals surface area contributed by atoms with E-state index in [1.807, 2.05) is 43.3 Å². The van der Waals surface area contributed by atoms with Crippen molar-refractivity contribution in [2.75, 3.05) is 29.0 Å². The summed E-state index contributed by atoms with van der Waals surface area (Å²) in [4.78, 5) is 46.6. The summed E-state index contributed by atoms with van der Waals surface area (Å²) in [6.07, 6.45) is -1.04. The van der Waals surface area contributed by atoms with Crippen LogP contribution in [0.4, 0.5) is 22.7 Å². The van der Waals surface area contributed by atoms with Gasteiger partial charge in [-0.25, -0.2) is 9.96 Å². The largest absolute Gasteiger partial charge is 0.378 e. The Bertz CT molecular complexity index is 1290. The summed E-state index contributed by atoms with van der Waals surface area (Å²) in [6.45, 7) is 0. The van der Waals surface area contributed by atoms with Crippen LogP contribution in [0.25, 0.3) is 0 Å². The lowest BCUT2D eigenvalue weighted by Crippen LogP contribution is -2.37. The number of rotatable bonds is 5. The molecule has 2 aliphatic rings. The van der Waals surface area contributed by atoms with E-state index in [0.717, 1.165) is 16.2 Å². The molecule has 0 aliphatic carbocycles. The number of halogens is 1. The number of hydroxylamine groups is 1. The minimum Gasteiger partial charge on any atom is -0.378 e. The molecule has 2 fully saturated rings. The van der Waals surface area contributed by atoms with E-state index >= 15 is 0 Å². The van der Waals surface area contributed by atoms with Crippen LogP contribution >= 0.6 is 11.6 Å². The molecular weight excluding hydrogens is 472 g/mol. The second-order valence-corrected chi connectivity index (χ2v) is 9.01. The van der Waals surface area contributed by atoms with Crippen molar-refractivity contribution in [1.82, 2.24) is 0 Å². The number of hydrogen-bond acceptors (Lipinski definition) is 7. The molecule has 178 valence electrons. The molecule has 2 amide bonds. The van der Waals surface area contributed by atoms with Crippen molar-refractivity contribution < 1.29 is 19.3 Å². The van der Waals surface area contributed by atoms with Gasteiger partial charge in [0.25, 0.3) is 11.6 Å². The van der Waals surface area contributed by atoms with E-state index in [-0.39, 0.29) is 11.4 Å². The number of non-ortho nitro benzene ring substituents is 1.